The fourth-order valence-electron chi connectivity index (χ4n) is 1.47. The van der Waals surface area contributed by atoms with E-state index in [9.17, 15) is 17.3 Å². The standard InChI is InChI=1S/C13H11N2.BF4/c1-10-2-4-11(5-3-10)12-6-8-13(15-14)9-7-12;2-1(3,4)5/h2-9H,1H3;/q+1;-1. The average Bonchev–Trinajstić information content (AvgIpc) is 2.38. The minimum absolute atomic E-state index is 0.575. The molecule has 0 saturated carbocycles. The third kappa shape index (κ3) is 6.00. The van der Waals surface area contributed by atoms with Crippen LogP contribution in [0.5, 0.6) is 0 Å². The highest BCUT2D eigenvalue weighted by molar-refractivity contribution is 6.50. The molecule has 0 aromatic heterocycles. The Morgan fingerprint density at radius 3 is 1.50 bits per heavy atom. The second-order valence-corrected chi connectivity index (χ2v) is 4.01. The Morgan fingerprint density at radius 1 is 0.800 bits per heavy atom. The summed E-state index contributed by atoms with van der Waals surface area (Å²) in [5.41, 5.74) is 4.12. The van der Waals surface area contributed by atoms with Crippen LogP contribution < -0.4 is 0 Å². The third-order valence-electron chi connectivity index (χ3n) is 2.37. The summed E-state index contributed by atoms with van der Waals surface area (Å²) in [5.74, 6) is 0. The monoisotopic (exact) mass is 282 g/mol. The van der Waals surface area contributed by atoms with E-state index in [1.165, 1.54) is 11.1 Å². The number of rotatable bonds is 1. The normalized spacial score (nSPS) is 10.2. The van der Waals surface area contributed by atoms with Gasteiger partial charge in [0.15, 0.2) is 4.98 Å². The summed E-state index contributed by atoms with van der Waals surface area (Å²) in [5, 5.41) is 8.56. The van der Waals surface area contributed by atoms with Crippen LogP contribution in [0.3, 0.4) is 0 Å². The lowest BCUT2D eigenvalue weighted by Crippen LogP contribution is -2.02. The van der Waals surface area contributed by atoms with Gasteiger partial charge >= 0.3 is 12.9 Å². The Bertz CT molecular complexity index is 580. The highest BCUT2D eigenvalue weighted by atomic mass is 19.5. The van der Waals surface area contributed by atoms with E-state index in [2.05, 4.69) is 36.2 Å². The Hall–Kier alpha value is -2.36. The molecule has 2 aromatic rings. The number of benzene rings is 2. The molecule has 0 amide bonds. The maximum atomic E-state index is 9.75. The molecular formula is C13H11BF4N2. The fraction of sp³-hybridized carbons (Fsp3) is 0.0769. The number of hydrogen-bond acceptors (Lipinski definition) is 1. The molecule has 0 unspecified atom stereocenters. The van der Waals surface area contributed by atoms with Crippen molar-refractivity contribution in [3.05, 3.63) is 59.1 Å². The second-order valence-electron chi connectivity index (χ2n) is 4.01. The first-order valence-electron chi connectivity index (χ1n) is 5.69. The zero-order chi connectivity index (χ0) is 15.2. The molecule has 0 radical (unpaired) electrons. The van der Waals surface area contributed by atoms with Crippen molar-refractivity contribution in [2.75, 3.05) is 0 Å². The van der Waals surface area contributed by atoms with Crippen molar-refractivity contribution in [2.45, 2.75) is 6.92 Å². The molecule has 2 aromatic carbocycles. The van der Waals surface area contributed by atoms with E-state index in [-0.39, 0.29) is 0 Å². The lowest BCUT2D eigenvalue weighted by molar-refractivity contribution is 0.368. The van der Waals surface area contributed by atoms with Crippen molar-refractivity contribution >= 4 is 12.9 Å². The van der Waals surface area contributed by atoms with Crippen molar-refractivity contribution in [1.82, 2.24) is 0 Å². The average molecular weight is 282 g/mol. The Balaban J connectivity index is 0.000000347. The van der Waals surface area contributed by atoms with Gasteiger partial charge in [-0.1, -0.05) is 29.8 Å². The van der Waals surface area contributed by atoms with Gasteiger partial charge in [-0.3, -0.25) is 0 Å². The van der Waals surface area contributed by atoms with Crippen LogP contribution in [0.4, 0.5) is 23.0 Å². The van der Waals surface area contributed by atoms with Gasteiger partial charge in [0.25, 0.3) is 0 Å². The van der Waals surface area contributed by atoms with Crippen molar-refractivity contribution in [1.29, 1.82) is 5.39 Å². The molecule has 0 aliphatic carbocycles. The van der Waals surface area contributed by atoms with Crippen molar-refractivity contribution < 1.29 is 17.3 Å². The molecule has 104 valence electrons. The molecule has 7 heteroatoms. The highest BCUT2D eigenvalue weighted by Crippen LogP contribution is 2.22. The molecule has 20 heavy (non-hydrogen) atoms. The number of nitrogens with zero attached hydrogens (tertiary/aromatic N) is 2. The largest absolute Gasteiger partial charge is 0.673 e. The number of diazo groups is 1. The maximum absolute atomic E-state index is 9.75. The van der Waals surface area contributed by atoms with E-state index in [1.807, 2.05) is 12.1 Å². The van der Waals surface area contributed by atoms with Crippen LogP contribution in [-0.2, 0) is 0 Å². The first kappa shape index (κ1) is 15.7. The number of aryl methyl sites for hydroxylation is 1. The van der Waals surface area contributed by atoms with Crippen LogP contribution >= 0.6 is 0 Å². The molecule has 0 atom stereocenters. The molecule has 0 heterocycles. The lowest BCUT2D eigenvalue weighted by atomic mass is 10.0. The van der Waals surface area contributed by atoms with Crippen LogP contribution in [0.1, 0.15) is 5.56 Å². The molecule has 0 saturated heterocycles. The zero-order valence-corrected chi connectivity index (χ0v) is 10.6. The summed E-state index contributed by atoms with van der Waals surface area (Å²) in [6, 6.07) is 15.8. The van der Waals surface area contributed by atoms with Crippen LogP contribution in [0, 0.1) is 12.3 Å². The van der Waals surface area contributed by atoms with E-state index in [1.54, 1.807) is 12.1 Å². The van der Waals surface area contributed by atoms with Gasteiger partial charge in [-0.25, -0.2) is 0 Å². The molecule has 2 nitrogen and oxygen atoms in total. The van der Waals surface area contributed by atoms with E-state index in [0.29, 0.717) is 5.69 Å². The number of hydrogen-bond donors (Lipinski definition) is 0. The quantitative estimate of drug-likeness (QED) is 0.388. The van der Waals surface area contributed by atoms with Gasteiger partial charge in [0.05, 0.1) is 0 Å². The molecule has 0 spiro atoms. The topological polar surface area (TPSA) is 28.1 Å². The predicted molar refractivity (Wildman–Crippen MR) is 71.5 cm³/mol. The van der Waals surface area contributed by atoms with Gasteiger partial charge in [-0.2, -0.15) is 0 Å². The molecule has 0 aliphatic rings. The Morgan fingerprint density at radius 2 is 1.15 bits per heavy atom. The molecule has 0 N–H and O–H groups in total. The summed E-state index contributed by atoms with van der Waals surface area (Å²) in [7, 11) is -6.00. The van der Waals surface area contributed by atoms with Gasteiger partial charge in [0.1, 0.15) is 0 Å². The van der Waals surface area contributed by atoms with Gasteiger partial charge in [0, 0.05) is 12.1 Å². The van der Waals surface area contributed by atoms with E-state index in [0.717, 1.165) is 5.56 Å². The minimum Gasteiger partial charge on any atom is -0.418 e. The summed E-state index contributed by atoms with van der Waals surface area (Å²) in [6.45, 7) is 2.07. The summed E-state index contributed by atoms with van der Waals surface area (Å²) >= 11 is 0. The first-order valence-corrected chi connectivity index (χ1v) is 5.69. The van der Waals surface area contributed by atoms with Crippen LogP contribution in [-0.4, -0.2) is 7.25 Å². The van der Waals surface area contributed by atoms with Crippen molar-refractivity contribution in [3.8, 4) is 11.1 Å². The van der Waals surface area contributed by atoms with E-state index >= 15 is 0 Å². The van der Waals surface area contributed by atoms with Crippen LogP contribution in [0.25, 0.3) is 16.1 Å². The molecule has 0 bridgehead atoms. The fourth-order valence-corrected chi connectivity index (χ4v) is 1.47. The van der Waals surface area contributed by atoms with Crippen LogP contribution in [0.2, 0.25) is 0 Å². The van der Waals surface area contributed by atoms with E-state index < -0.39 is 7.25 Å². The van der Waals surface area contributed by atoms with Crippen LogP contribution in [0.15, 0.2) is 48.5 Å². The van der Waals surface area contributed by atoms with Gasteiger partial charge < -0.3 is 17.3 Å². The predicted octanol–water partition coefficient (Wildman–Crippen LogP) is 5.45. The molecule has 0 aliphatic heterocycles. The van der Waals surface area contributed by atoms with Crippen molar-refractivity contribution in [2.24, 2.45) is 0 Å². The maximum Gasteiger partial charge on any atom is 0.673 e. The summed E-state index contributed by atoms with van der Waals surface area (Å²) in [6.07, 6.45) is 0. The molecule has 0 fully saturated rings. The number of halogens is 4. The minimum atomic E-state index is -6.00. The van der Waals surface area contributed by atoms with Gasteiger partial charge in [-0.15, -0.1) is 0 Å². The highest BCUT2D eigenvalue weighted by Gasteiger charge is 2.20. The Kier molecular flexibility index (Phi) is 5.27. The van der Waals surface area contributed by atoms with E-state index in [4.69, 9.17) is 5.39 Å². The molecule has 2 rings (SSSR count). The van der Waals surface area contributed by atoms with Crippen molar-refractivity contribution in [3.63, 3.8) is 0 Å². The third-order valence-corrected chi connectivity index (χ3v) is 2.37. The smallest absolute Gasteiger partial charge is 0.418 e. The first-order chi connectivity index (χ1) is 9.29. The lowest BCUT2D eigenvalue weighted by Gasteiger charge is -2.00. The zero-order valence-electron chi connectivity index (χ0n) is 10.6. The Labute approximate surface area is 113 Å². The summed E-state index contributed by atoms with van der Waals surface area (Å²) < 4.78 is 39.0. The van der Waals surface area contributed by atoms with Gasteiger partial charge in [-0.05, 0) is 30.2 Å². The molecular weight excluding hydrogens is 271 g/mol. The SMILES string of the molecule is Cc1ccc(-c2ccc([N+]#N)cc2)cc1.F[B-](F)(F)F. The summed E-state index contributed by atoms with van der Waals surface area (Å²) in [4.78, 5) is 3.12. The van der Waals surface area contributed by atoms with Gasteiger partial charge in [0.2, 0.25) is 5.39 Å². The second kappa shape index (κ2) is 6.71.